The van der Waals surface area contributed by atoms with E-state index in [1.807, 2.05) is 24.3 Å². The molecule has 1 aliphatic carbocycles. The number of carbonyl (C=O) groups is 2. The van der Waals surface area contributed by atoms with Gasteiger partial charge in [-0.2, -0.15) is 0 Å². The molecule has 162 valence electrons. The van der Waals surface area contributed by atoms with E-state index < -0.39 is 0 Å². The predicted octanol–water partition coefficient (Wildman–Crippen LogP) is 5.05. The van der Waals surface area contributed by atoms with Crippen molar-refractivity contribution >= 4 is 35.2 Å². The van der Waals surface area contributed by atoms with Crippen LogP contribution in [-0.2, 0) is 9.59 Å². The van der Waals surface area contributed by atoms with Crippen molar-refractivity contribution in [3.8, 4) is 5.75 Å². The number of amides is 2. The van der Waals surface area contributed by atoms with Crippen LogP contribution in [-0.4, -0.2) is 24.4 Å². The van der Waals surface area contributed by atoms with E-state index in [9.17, 15) is 9.59 Å². The van der Waals surface area contributed by atoms with Gasteiger partial charge in [-0.05, 0) is 54.2 Å². The number of hydrogen-bond acceptors (Lipinski definition) is 3. The minimum absolute atomic E-state index is 0.0519. The fourth-order valence-corrected chi connectivity index (χ4v) is 4.55. The maximum Gasteiger partial charge on any atom is 0.294 e. The maximum atomic E-state index is 13.2. The third-order valence-electron chi connectivity index (χ3n) is 6.33. The summed E-state index contributed by atoms with van der Waals surface area (Å²) in [5.74, 6) is 1.20. The Kier molecular flexibility index (Phi) is 6.33. The SMILES string of the molecule is C[C@@H]1[C@H](C)CCC[C@@H]1NC(=O)CN1C(=O)/C(=C\c2cccc(Cl)c2)Oc2ccccc21. The molecule has 1 N–H and O–H groups in total. The molecule has 2 aliphatic rings. The average Bonchev–Trinajstić information content (AvgIpc) is 2.74. The van der Waals surface area contributed by atoms with Gasteiger partial charge in [-0.15, -0.1) is 0 Å². The summed E-state index contributed by atoms with van der Waals surface area (Å²) < 4.78 is 5.88. The molecule has 0 aromatic heterocycles. The second-order valence-electron chi connectivity index (χ2n) is 8.47. The number of carbonyl (C=O) groups excluding carboxylic acids is 2. The number of fused-ring (bicyclic) bond motifs is 1. The zero-order valence-corrected chi connectivity index (χ0v) is 18.6. The smallest absolute Gasteiger partial charge is 0.294 e. The number of halogens is 1. The second-order valence-corrected chi connectivity index (χ2v) is 8.90. The van der Waals surface area contributed by atoms with Crippen molar-refractivity contribution in [3.05, 3.63) is 64.9 Å². The summed E-state index contributed by atoms with van der Waals surface area (Å²) in [6, 6.07) is 14.6. The molecule has 1 aliphatic heterocycles. The van der Waals surface area contributed by atoms with Crippen LogP contribution >= 0.6 is 11.6 Å². The Morgan fingerprint density at radius 2 is 2.00 bits per heavy atom. The lowest BCUT2D eigenvalue weighted by atomic mass is 9.78. The molecule has 0 saturated heterocycles. The molecular weight excluding hydrogens is 412 g/mol. The van der Waals surface area contributed by atoms with E-state index in [4.69, 9.17) is 16.3 Å². The fourth-order valence-electron chi connectivity index (χ4n) is 4.35. The Bertz CT molecular complexity index is 1020. The van der Waals surface area contributed by atoms with Crippen molar-refractivity contribution in [2.45, 2.75) is 39.2 Å². The number of rotatable bonds is 4. The van der Waals surface area contributed by atoms with Crippen LogP contribution in [0.4, 0.5) is 5.69 Å². The number of nitrogens with zero attached hydrogens (tertiary/aromatic N) is 1. The highest BCUT2D eigenvalue weighted by Gasteiger charge is 2.33. The molecule has 1 fully saturated rings. The van der Waals surface area contributed by atoms with Crippen molar-refractivity contribution < 1.29 is 14.3 Å². The van der Waals surface area contributed by atoms with Gasteiger partial charge in [-0.25, -0.2) is 0 Å². The molecule has 2 aromatic carbocycles. The summed E-state index contributed by atoms with van der Waals surface area (Å²) in [6.45, 7) is 4.37. The summed E-state index contributed by atoms with van der Waals surface area (Å²) in [5.41, 5.74) is 1.35. The van der Waals surface area contributed by atoms with Crippen LogP contribution in [0.15, 0.2) is 54.3 Å². The van der Waals surface area contributed by atoms with E-state index in [1.165, 1.54) is 11.3 Å². The number of benzene rings is 2. The van der Waals surface area contributed by atoms with Gasteiger partial charge in [0.05, 0.1) is 5.69 Å². The maximum absolute atomic E-state index is 13.2. The largest absolute Gasteiger partial charge is 0.449 e. The van der Waals surface area contributed by atoms with Gasteiger partial charge in [0.15, 0.2) is 11.5 Å². The Balaban J connectivity index is 1.57. The number of hydrogen-bond donors (Lipinski definition) is 1. The molecule has 2 amide bonds. The van der Waals surface area contributed by atoms with Gasteiger partial charge in [0.2, 0.25) is 5.91 Å². The van der Waals surface area contributed by atoms with Gasteiger partial charge >= 0.3 is 0 Å². The van der Waals surface area contributed by atoms with Crippen LogP contribution < -0.4 is 15.0 Å². The first-order valence-electron chi connectivity index (χ1n) is 10.8. The van der Waals surface area contributed by atoms with Crippen molar-refractivity contribution in [3.63, 3.8) is 0 Å². The van der Waals surface area contributed by atoms with Gasteiger partial charge in [0, 0.05) is 11.1 Å². The molecule has 0 bridgehead atoms. The zero-order valence-electron chi connectivity index (χ0n) is 17.8. The minimum Gasteiger partial charge on any atom is -0.449 e. The fraction of sp³-hybridized carbons (Fsp3) is 0.360. The number of ether oxygens (including phenoxy) is 1. The van der Waals surface area contributed by atoms with Crippen molar-refractivity contribution in [1.82, 2.24) is 5.32 Å². The van der Waals surface area contributed by atoms with Crippen molar-refractivity contribution in [1.29, 1.82) is 0 Å². The molecule has 0 radical (unpaired) electrons. The van der Waals surface area contributed by atoms with Crippen LogP contribution in [0.1, 0.15) is 38.7 Å². The number of para-hydroxylation sites is 2. The summed E-state index contributed by atoms with van der Waals surface area (Å²) in [4.78, 5) is 27.6. The Hall–Kier alpha value is -2.79. The molecule has 0 spiro atoms. The molecule has 31 heavy (non-hydrogen) atoms. The number of nitrogens with one attached hydrogen (secondary N) is 1. The first-order chi connectivity index (χ1) is 14.9. The lowest BCUT2D eigenvalue weighted by molar-refractivity contribution is -0.124. The lowest BCUT2D eigenvalue weighted by Crippen LogP contribution is -2.49. The molecule has 1 heterocycles. The monoisotopic (exact) mass is 438 g/mol. The van der Waals surface area contributed by atoms with E-state index in [1.54, 1.807) is 30.3 Å². The summed E-state index contributed by atoms with van der Waals surface area (Å²) in [6.07, 6.45) is 4.94. The highest BCUT2D eigenvalue weighted by Crippen LogP contribution is 2.36. The molecule has 5 nitrogen and oxygen atoms in total. The summed E-state index contributed by atoms with van der Waals surface area (Å²) in [7, 11) is 0. The first-order valence-corrected chi connectivity index (χ1v) is 11.2. The molecule has 4 rings (SSSR count). The summed E-state index contributed by atoms with van der Waals surface area (Å²) >= 11 is 6.07. The first kappa shape index (κ1) is 21.4. The average molecular weight is 439 g/mol. The molecule has 0 unspecified atom stereocenters. The normalized spacial score (nSPS) is 24.5. The van der Waals surface area contributed by atoms with Crippen LogP contribution in [0.2, 0.25) is 5.02 Å². The zero-order chi connectivity index (χ0) is 22.0. The minimum atomic E-state index is -0.348. The molecule has 3 atom stereocenters. The van der Waals surface area contributed by atoms with E-state index in [0.29, 0.717) is 28.3 Å². The Labute approximate surface area is 188 Å². The van der Waals surface area contributed by atoms with E-state index in [0.717, 1.165) is 18.4 Å². The van der Waals surface area contributed by atoms with Gasteiger partial charge in [0.25, 0.3) is 5.91 Å². The quantitative estimate of drug-likeness (QED) is 0.679. The third kappa shape index (κ3) is 4.77. The highest BCUT2D eigenvalue weighted by molar-refractivity contribution is 6.30. The molecule has 2 aromatic rings. The molecule has 6 heteroatoms. The van der Waals surface area contributed by atoms with E-state index in [2.05, 4.69) is 19.2 Å². The van der Waals surface area contributed by atoms with Gasteiger partial charge in [-0.1, -0.05) is 62.6 Å². The number of anilines is 1. The van der Waals surface area contributed by atoms with E-state index >= 15 is 0 Å². The van der Waals surface area contributed by atoms with Crippen LogP contribution in [0.5, 0.6) is 5.75 Å². The van der Waals surface area contributed by atoms with Crippen LogP contribution in [0, 0.1) is 11.8 Å². The lowest BCUT2D eigenvalue weighted by Gasteiger charge is -2.35. The summed E-state index contributed by atoms with van der Waals surface area (Å²) in [5, 5.41) is 3.73. The standard InChI is InChI=1S/C25H27ClN2O3/c1-16-7-5-10-20(17(16)2)27-24(29)15-28-21-11-3-4-12-22(21)31-23(25(28)30)14-18-8-6-9-19(26)13-18/h3-4,6,8-9,11-14,16-17,20H,5,7,10,15H2,1-2H3,(H,27,29)/b23-14+/t16-,17-,20+/m1/s1. The van der Waals surface area contributed by atoms with Gasteiger partial charge in [0.1, 0.15) is 6.54 Å². The van der Waals surface area contributed by atoms with Crippen molar-refractivity contribution in [2.24, 2.45) is 11.8 Å². The predicted molar refractivity (Wildman–Crippen MR) is 123 cm³/mol. The molecule has 1 saturated carbocycles. The van der Waals surface area contributed by atoms with Gasteiger partial charge < -0.3 is 10.1 Å². The van der Waals surface area contributed by atoms with Gasteiger partial charge in [-0.3, -0.25) is 14.5 Å². The van der Waals surface area contributed by atoms with Crippen LogP contribution in [0.3, 0.4) is 0 Å². The second kappa shape index (κ2) is 9.15. The third-order valence-corrected chi connectivity index (χ3v) is 6.57. The Morgan fingerprint density at radius 3 is 2.81 bits per heavy atom. The van der Waals surface area contributed by atoms with Crippen LogP contribution in [0.25, 0.3) is 6.08 Å². The Morgan fingerprint density at radius 1 is 1.19 bits per heavy atom. The topological polar surface area (TPSA) is 58.6 Å². The van der Waals surface area contributed by atoms with E-state index in [-0.39, 0.29) is 30.2 Å². The van der Waals surface area contributed by atoms with Crippen molar-refractivity contribution in [2.75, 3.05) is 11.4 Å². The highest BCUT2D eigenvalue weighted by atomic mass is 35.5. The molecular formula is C25H27ClN2O3.